The number of hydrogen-bond donors (Lipinski definition) is 3. The van der Waals surface area contributed by atoms with Gasteiger partial charge in [0.25, 0.3) is 0 Å². The molecule has 1 unspecified atom stereocenters. The molecule has 0 fully saturated rings. The standard InChI is InChI=1S/C9H17N5O/c1-7(9(10)13-15)5-11-6-8-3-4-14(2)12-8/h3-4,7,11,15H,5-6H2,1-2H3,(H2,10,13). The Morgan fingerprint density at radius 3 is 3.07 bits per heavy atom. The third-order valence-electron chi connectivity index (χ3n) is 2.15. The fraction of sp³-hybridized carbons (Fsp3) is 0.556. The molecular weight excluding hydrogens is 194 g/mol. The average molecular weight is 211 g/mol. The summed E-state index contributed by atoms with van der Waals surface area (Å²) < 4.78 is 1.75. The van der Waals surface area contributed by atoms with Gasteiger partial charge >= 0.3 is 0 Å². The van der Waals surface area contributed by atoms with Crippen LogP contribution in [0.3, 0.4) is 0 Å². The van der Waals surface area contributed by atoms with Crippen molar-refractivity contribution in [3.05, 3.63) is 18.0 Å². The summed E-state index contributed by atoms with van der Waals surface area (Å²) in [5.41, 5.74) is 6.42. The lowest BCUT2D eigenvalue weighted by atomic mass is 10.1. The normalized spacial score (nSPS) is 14.1. The Morgan fingerprint density at radius 2 is 2.53 bits per heavy atom. The minimum atomic E-state index is 0.0127. The second-order valence-corrected chi connectivity index (χ2v) is 3.54. The number of nitrogens with zero attached hydrogens (tertiary/aromatic N) is 3. The number of hydrogen-bond acceptors (Lipinski definition) is 4. The summed E-state index contributed by atoms with van der Waals surface area (Å²) in [6.07, 6.45) is 1.89. The average Bonchev–Trinajstić information content (AvgIpc) is 2.63. The number of amidine groups is 1. The van der Waals surface area contributed by atoms with Crippen LogP contribution in [-0.2, 0) is 13.6 Å². The van der Waals surface area contributed by atoms with Gasteiger partial charge in [0, 0.05) is 32.3 Å². The van der Waals surface area contributed by atoms with Crippen LogP contribution in [-0.4, -0.2) is 27.4 Å². The van der Waals surface area contributed by atoms with Gasteiger partial charge in [0.05, 0.1) is 5.69 Å². The molecule has 1 heterocycles. The summed E-state index contributed by atoms with van der Waals surface area (Å²) in [7, 11) is 1.88. The summed E-state index contributed by atoms with van der Waals surface area (Å²) in [6, 6.07) is 1.95. The van der Waals surface area contributed by atoms with Crippen molar-refractivity contribution in [1.29, 1.82) is 0 Å². The Bertz CT molecular complexity index is 333. The van der Waals surface area contributed by atoms with E-state index < -0.39 is 0 Å². The number of oxime groups is 1. The lowest BCUT2D eigenvalue weighted by molar-refractivity contribution is 0.314. The van der Waals surface area contributed by atoms with Crippen LogP contribution < -0.4 is 11.1 Å². The van der Waals surface area contributed by atoms with Crippen LogP contribution in [0, 0.1) is 5.92 Å². The SMILES string of the molecule is CC(CNCc1ccn(C)n1)/C(N)=N/O. The summed E-state index contributed by atoms with van der Waals surface area (Å²) in [5.74, 6) is 0.252. The fourth-order valence-electron chi connectivity index (χ4n) is 1.18. The monoisotopic (exact) mass is 211 g/mol. The van der Waals surface area contributed by atoms with Crippen molar-refractivity contribution in [1.82, 2.24) is 15.1 Å². The molecule has 0 aliphatic heterocycles. The van der Waals surface area contributed by atoms with Crippen molar-refractivity contribution < 1.29 is 5.21 Å². The molecule has 0 radical (unpaired) electrons. The van der Waals surface area contributed by atoms with Gasteiger partial charge in [0.2, 0.25) is 0 Å². The van der Waals surface area contributed by atoms with Crippen LogP contribution in [0.15, 0.2) is 17.4 Å². The van der Waals surface area contributed by atoms with Crippen molar-refractivity contribution in [3.8, 4) is 0 Å². The predicted octanol–water partition coefficient (Wildman–Crippen LogP) is -0.108. The molecule has 0 saturated carbocycles. The van der Waals surface area contributed by atoms with Crippen molar-refractivity contribution in [2.24, 2.45) is 23.9 Å². The Balaban J connectivity index is 2.27. The van der Waals surface area contributed by atoms with E-state index in [1.165, 1.54) is 0 Å². The zero-order valence-electron chi connectivity index (χ0n) is 9.01. The Morgan fingerprint density at radius 1 is 1.80 bits per heavy atom. The van der Waals surface area contributed by atoms with Crippen molar-refractivity contribution >= 4 is 5.84 Å². The molecule has 1 atom stereocenters. The van der Waals surface area contributed by atoms with E-state index >= 15 is 0 Å². The molecule has 1 aromatic rings. The highest BCUT2D eigenvalue weighted by Gasteiger charge is 2.06. The molecule has 0 bridgehead atoms. The zero-order valence-corrected chi connectivity index (χ0v) is 9.01. The summed E-state index contributed by atoms with van der Waals surface area (Å²) in [6.45, 7) is 3.23. The van der Waals surface area contributed by atoms with Gasteiger partial charge in [-0.25, -0.2) is 0 Å². The molecule has 6 heteroatoms. The fourth-order valence-corrected chi connectivity index (χ4v) is 1.18. The first-order valence-corrected chi connectivity index (χ1v) is 4.80. The highest BCUT2D eigenvalue weighted by atomic mass is 16.4. The van der Waals surface area contributed by atoms with Crippen LogP contribution in [0.4, 0.5) is 0 Å². The maximum Gasteiger partial charge on any atom is 0.143 e. The van der Waals surface area contributed by atoms with Crippen molar-refractivity contribution in [3.63, 3.8) is 0 Å². The van der Waals surface area contributed by atoms with Crippen LogP contribution in [0.5, 0.6) is 0 Å². The van der Waals surface area contributed by atoms with Gasteiger partial charge in [-0.1, -0.05) is 12.1 Å². The van der Waals surface area contributed by atoms with E-state index in [-0.39, 0.29) is 11.8 Å². The lowest BCUT2D eigenvalue weighted by Crippen LogP contribution is -2.31. The van der Waals surface area contributed by atoms with Gasteiger partial charge in [-0.3, -0.25) is 4.68 Å². The highest BCUT2D eigenvalue weighted by molar-refractivity contribution is 5.82. The van der Waals surface area contributed by atoms with Gasteiger partial charge in [-0.15, -0.1) is 0 Å². The summed E-state index contributed by atoms with van der Waals surface area (Å²) in [4.78, 5) is 0. The van der Waals surface area contributed by atoms with E-state index in [1.54, 1.807) is 4.68 Å². The number of rotatable bonds is 5. The minimum absolute atomic E-state index is 0.0127. The minimum Gasteiger partial charge on any atom is -0.409 e. The van der Waals surface area contributed by atoms with E-state index in [9.17, 15) is 0 Å². The van der Waals surface area contributed by atoms with Crippen molar-refractivity contribution in [2.45, 2.75) is 13.5 Å². The van der Waals surface area contributed by atoms with Gasteiger partial charge in [-0.05, 0) is 6.07 Å². The van der Waals surface area contributed by atoms with Crippen LogP contribution in [0.25, 0.3) is 0 Å². The first kappa shape index (κ1) is 11.5. The molecule has 0 aromatic carbocycles. The largest absolute Gasteiger partial charge is 0.409 e. The molecule has 1 rings (SSSR count). The van der Waals surface area contributed by atoms with E-state index in [4.69, 9.17) is 10.9 Å². The first-order valence-electron chi connectivity index (χ1n) is 4.80. The molecule has 0 aliphatic carbocycles. The predicted molar refractivity (Wildman–Crippen MR) is 57.5 cm³/mol. The quantitative estimate of drug-likeness (QED) is 0.274. The van der Waals surface area contributed by atoms with E-state index in [2.05, 4.69) is 15.6 Å². The van der Waals surface area contributed by atoms with Crippen LogP contribution in [0.1, 0.15) is 12.6 Å². The maximum absolute atomic E-state index is 8.44. The Labute approximate surface area is 88.8 Å². The molecule has 6 nitrogen and oxygen atoms in total. The number of nitrogens with two attached hydrogens (primary N) is 1. The lowest BCUT2D eigenvalue weighted by Gasteiger charge is -2.09. The second-order valence-electron chi connectivity index (χ2n) is 3.54. The zero-order chi connectivity index (χ0) is 11.3. The molecule has 84 valence electrons. The molecule has 0 spiro atoms. The Hall–Kier alpha value is -1.56. The van der Waals surface area contributed by atoms with Crippen LogP contribution in [0.2, 0.25) is 0 Å². The Kier molecular flexibility index (Phi) is 4.11. The summed E-state index contributed by atoms with van der Waals surface area (Å²) >= 11 is 0. The third kappa shape index (κ3) is 3.59. The van der Waals surface area contributed by atoms with E-state index in [0.29, 0.717) is 13.1 Å². The van der Waals surface area contributed by atoms with Gasteiger partial charge in [-0.2, -0.15) is 5.10 Å². The van der Waals surface area contributed by atoms with Gasteiger partial charge in [0.1, 0.15) is 5.84 Å². The maximum atomic E-state index is 8.44. The molecule has 15 heavy (non-hydrogen) atoms. The van der Waals surface area contributed by atoms with Crippen LogP contribution >= 0.6 is 0 Å². The highest BCUT2D eigenvalue weighted by Crippen LogP contribution is 1.96. The third-order valence-corrected chi connectivity index (χ3v) is 2.15. The number of aromatic nitrogens is 2. The second kappa shape index (κ2) is 5.35. The molecule has 4 N–H and O–H groups in total. The molecule has 0 saturated heterocycles. The van der Waals surface area contributed by atoms with Crippen molar-refractivity contribution in [2.75, 3.05) is 6.54 Å². The van der Waals surface area contributed by atoms with Gasteiger partial charge < -0.3 is 16.3 Å². The smallest absolute Gasteiger partial charge is 0.143 e. The summed E-state index contributed by atoms with van der Waals surface area (Å²) in [5, 5.41) is 18.8. The van der Waals surface area contributed by atoms with E-state index in [1.807, 2.05) is 26.2 Å². The number of nitrogens with one attached hydrogen (secondary N) is 1. The molecule has 0 amide bonds. The number of aryl methyl sites for hydroxylation is 1. The first-order chi connectivity index (χ1) is 7.13. The molecule has 1 aromatic heterocycles. The topological polar surface area (TPSA) is 88.5 Å². The molecular formula is C9H17N5O. The van der Waals surface area contributed by atoms with Gasteiger partial charge in [0.15, 0.2) is 0 Å². The van der Waals surface area contributed by atoms with E-state index in [0.717, 1.165) is 5.69 Å². The molecule has 0 aliphatic rings.